The first-order valence-corrected chi connectivity index (χ1v) is 4.20. The van der Waals surface area contributed by atoms with E-state index < -0.39 is 0 Å². The lowest BCUT2D eigenvalue weighted by Crippen LogP contribution is -1.90. The van der Waals surface area contributed by atoms with Gasteiger partial charge >= 0.3 is 0 Å². The first-order chi connectivity index (χ1) is 4.84. The first kappa shape index (κ1) is 14.0. The van der Waals surface area contributed by atoms with Gasteiger partial charge in [-0.3, -0.25) is 0 Å². The van der Waals surface area contributed by atoms with Gasteiger partial charge in [-0.25, -0.2) is 0 Å². The molecule has 0 amide bonds. The minimum absolute atomic E-state index is 0. The third-order valence-corrected chi connectivity index (χ3v) is 2.03. The highest BCUT2D eigenvalue weighted by molar-refractivity contribution is 5.31. The molecule has 0 aliphatic heterocycles. The predicted molar refractivity (Wildman–Crippen MR) is 59.4 cm³/mol. The summed E-state index contributed by atoms with van der Waals surface area (Å²) in [4.78, 5) is 0. The smallest absolute Gasteiger partial charge is 0.0282 e. The largest absolute Gasteiger partial charge is 0.0810 e. The molecule has 0 spiro atoms. The van der Waals surface area contributed by atoms with Crippen LogP contribution in [0.5, 0.6) is 0 Å². The van der Waals surface area contributed by atoms with E-state index in [-0.39, 0.29) is 14.9 Å². The van der Waals surface area contributed by atoms with E-state index in [2.05, 4.69) is 26.0 Å². The summed E-state index contributed by atoms with van der Waals surface area (Å²) in [5.74, 6) is 0. The third kappa shape index (κ3) is 3.75. The topological polar surface area (TPSA) is 0 Å². The second-order valence-electron chi connectivity index (χ2n) is 2.94. The molecule has 0 aromatic heterocycles. The van der Waals surface area contributed by atoms with E-state index in [9.17, 15) is 0 Å². The van der Waals surface area contributed by atoms with Crippen LogP contribution in [0.1, 0.15) is 54.4 Å². The molecule has 0 aromatic carbocycles. The number of rotatable bonds is 2. The summed E-state index contributed by atoms with van der Waals surface area (Å²) < 4.78 is 0. The van der Waals surface area contributed by atoms with Gasteiger partial charge in [0.1, 0.15) is 0 Å². The molecule has 0 N–H and O–H groups in total. The highest BCUT2D eigenvalue weighted by atomic mass is 14.1. The zero-order chi connectivity index (χ0) is 7.40. The SMILES string of the molecule is C.C.CCCC1=CCCC=C1C. The molecule has 12 heavy (non-hydrogen) atoms. The van der Waals surface area contributed by atoms with E-state index in [4.69, 9.17) is 0 Å². The lowest BCUT2D eigenvalue weighted by molar-refractivity contribution is 0.873. The molecule has 0 heteroatoms. The summed E-state index contributed by atoms with van der Waals surface area (Å²) in [5, 5.41) is 0. The third-order valence-electron chi connectivity index (χ3n) is 2.03. The number of hydrogen-bond acceptors (Lipinski definition) is 0. The summed E-state index contributed by atoms with van der Waals surface area (Å²) in [6, 6.07) is 0. The quantitative estimate of drug-likeness (QED) is 0.559. The molecule has 0 saturated carbocycles. The van der Waals surface area contributed by atoms with Crippen LogP contribution < -0.4 is 0 Å². The van der Waals surface area contributed by atoms with Crippen molar-refractivity contribution < 1.29 is 0 Å². The zero-order valence-corrected chi connectivity index (χ0v) is 6.98. The second kappa shape index (κ2) is 7.15. The summed E-state index contributed by atoms with van der Waals surface area (Å²) in [7, 11) is 0. The van der Waals surface area contributed by atoms with Crippen molar-refractivity contribution in [3.05, 3.63) is 23.3 Å². The Morgan fingerprint density at radius 1 is 1.17 bits per heavy atom. The Morgan fingerprint density at radius 3 is 2.25 bits per heavy atom. The molecule has 0 nitrogen and oxygen atoms in total. The Bertz CT molecular complexity index is 161. The zero-order valence-electron chi connectivity index (χ0n) is 6.98. The van der Waals surface area contributed by atoms with Crippen LogP contribution in [0, 0.1) is 0 Å². The van der Waals surface area contributed by atoms with Crippen LogP contribution in [0.4, 0.5) is 0 Å². The highest BCUT2D eigenvalue weighted by Gasteiger charge is 2.01. The predicted octanol–water partition coefficient (Wildman–Crippen LogP) is 4.73. The molecule has 0 atom stereocenters. The fourth-order valence-electron chi connectivity index (χ4n) is 1.42. The van der Waals surface area contributed by atoms with Crippen LogP contribution in [0.2, 0.25) is 0 Å². The van der Waals surface area contributed by atoms with Crippen LogP contribution in [-0.4, -0.2) is 0 Å². The summed E-state index contributed by atoms with van der Waals surface area (Å²) in [6.07, 6.45) is 9.79. The molecule has 0 radical (unpaired) electrons. The molecule has 0 aromatic rings. The van der Waals surface area contributed by atoms with Crippen molar-refractivity contribution in [2.75, 3.05) is 0 Å². The lowest BCUT2D eigenvalue weighted by Gasteiger charge is -2.10. The molecule has 0 heterocycles. The van der Waals surface area contributed by atoms with Gasteiger partial charge in [0.2, 0.25) is 0 Å². The van der Waals surface area contributed by atoms with Crippen LogP contribution in [0.25, 0.3) is 0 Å². The molecule has 1 aliphatic carbocycles. The second-order valence-corrected chi connectivity index (χ2v) is 2.94. The Hall–Kier alpha value is -0.520. The van der Waals surface area contributed by atoms with Crippen molar-refractivity contribution in [3.63, 3.8) is 0 Å². The van der Waals surface area contributed by atoms with Crippen LogP contribution >= 0.6 is 0 Å². The maximum absolute atomic E-state index is 2.39. The molecule has 1 rings (SSSR count). The number of hydrogen-bond donors (Lipinski definition) is 0. The van der Waals surface area contributed by atoms with Gasteiger partial charge in [0.05, 0.1) is 0 Å². The van der Waals surface area contributed by atoms with Crippen molar-refractivity contribution in [2.45, 2.75) is 54.4 Å². The average Bonchev–Trinajstić information content (AvgIpc) is 1.94. The summed E-state index contributed by atoms with van der Waals surface area (Å²) >= 11 is 0. The fourth-order valence-corrected chi connectivity index (χ4v) is 1.42. The highest BCUT2D eigenvalue weighted by Crippen LogP contribution is 2.21. The average molecular weight is 168 g/mol. The van der Waals surface area contributed by atoms with Gasteiger partial charge in [0.15, 0.2) is 0 Å². The molecular weight excluding hydrogens is 144 g/mol. The van der Waals surface area contributed by atoms with Crippen molar-refractivity contribution >= 4 is 0 Å². The molecular formula is C12H24. The van der Waals surface area contributed by atoms with Gasteiger partial charge in [-0.05, 0) is 31.8 Å². The van der Waals surface area contributed by atoms with E-state index in [1.165, 1.54) is 31.3 Å². The van der Waals surface area contributed by atoms with E-state index in [1.54, 1.807) is 5.57 Å². The summed E-state index contributed by atoms with van der Waals surface area (Å²) in [5.41, 5.74) is 3.09. The molecule has 1 aliphatic rings. The minimum Gasteiger partial charge on any atom is -0.0810 e. The van der Waals surface area contributed by atoms with Crippen LogP contribution in [-0.2, 0) is 0 Å². The summed E-state index contributed by atoms with van der Waals surface area (Å²) in [6.45, 7) is 4.46. The molecule has 0 unspecified atom stereocenters. The Balaban J connectivity index is 0. The maximum atomic E-state index is 2.39. The van der Waals surface area contributed by atoms with E-state index in [0.717, 1.165) is 0 Å². The first-order valence-electron chi connectivity index (χ1n) is 4.20. The van der Waals surface area contributed by atoms with Crippen LogP contribution in [0.3, 0.4) is 0 Å². The minimum atomic E-state index is 0. The van der Waals surface area contributed by atoms with Crippen molar-refractivity contribution in [2.24, 2.45) is 0 Å². The van der Waals surface area contributed by atoms with Crippen molar-refractivity contribution in [1.29, 1.82) is 0 Å². The van der Waals surface area contributed by atoms with Crippen molar-refractivity contribution in [1.82, 2.24) is 0 Å². The van der Waals surface area contributed by atoms with Gasteiger partial charge < -0.3 is 0 Å². The normalized spacial score (nSPS) is 15.2. The Morgan fingerprint density at radius 2 is 1.75 bits per heavy atom. The van der Waals surface area contributed by atoms with Gasteiger partial charge in [0.25, 0.3) is 0 Å². The van der Waals surface area contributed by atoms with Crippen molar-refractivity contribution in [3.8, 4) is 0 Å². The Labute approximate surface area is 78.4 Å². The maximum Gasteiger partial charge on any atom is -0.0282 e. The van der Waals surface area contributed by atoms with E-state index in [1.807, 2.05) is 0 Å². The van der Waals surface area contributed by atoms with E-state index in [0.29, 0.717) is 0 Å². The molecule has 0 bridgehead atoms. The molecule has 0 saturated heterocycles. The monoisotopic (exact) mass is 168 g/mol. The molecule has 0 fully saturated rings. The van der Waals surface area contributed by atoms with E-state index >= 15 is 0 Å². The lowest BCUT2D eigenvalue weighted by atomic mass is 9.96. The van der Waals surface area contributed by atoms with Gasteiger partial charge in [-0.1, -0.05) is 45.9 Å². The standard InChI is InChI=1S/C10H16.2CH4/c1-3-6-10-8-5-4-7-9(10)2;;/h7-8H,3-6H2,1-2H3;2*1H4. The van der Waals surface area contributed by atoms with Gasteiger partial charge in [-0.15, -0.1) is 0 Å². The van der Waals surface area contributed by atoms with Gasteiger partial charge in [-0.2, -0.15) is 0 Å². The Kier molecular flexibility index (Phi) is 8.36. The number of allylic oxidation sites excluding steroid dienone is 4. The van der Waals surface area contributed by atoms with Crippen LogP contribution in [0.15, 0.2) is 23.3 Å². The molecule has 72 valence electrons. The fraction of sp³-hybridized carbons (Fsp3) is 0.667. The van der Waals surface area contributed by atoms with Gasteiger partial charge in [0, 0.05) is 0 Å².